The predicted octanol–water partition coefficient (Wildman–Crippen LogP) is 6.03. The number of fused-ring (bicyclic) bond motifs is 3. The molecule has 1 saturated heterocycles. The number of aliphatic hydroxyl groups excluding tert-OH is 1. The minimum Gasteiger partial charge on any atom is -0.492 e. The lowest BCUT2D eigenvalue weighted by Gasteiger charge is -2.51. The lowest BCUT2D eigenvalue weighted by Crippen LogP contribution is -2.63. The topological polar surface area (TPSA) is 190 Å². The number of ether oxygens (including phenoxy) is 7. The first kappa shape index (κ1) is 44.9. The van der Waals surface area contributed by atoms with Crippen LogP contribution in [0.5, 0.6) is 5.75 Å². The second-order valence-corrected chi connectivity index (χ2v) is 15.2. The Kier molecular flexibility index (Phi) is 16.2. The highest BCUT2D eigenvalue weighted by Crippen LogP contribution is 2.46. The summed E-state index contributed by atoms with van der Waals surface area (Å²) in [5.41, 5.74) is 0.206. The highest BCUT2D eigenvalue weighted by atomic mass is 16.7. The van der Waals surface area contributed by atoms with E-state index in [1.165, 1.54) is 7.11 Å². The number of aliphatic hydroxyl groups is 2. The number of rotatable bonds is 12. The number of hydrogen-bond donors (Lipinski definition) is 2. The summed E-state index contributed by atoms with van der Waals surface area (Å²) < 4.78 is 39.8. The van der Waals surface area contributed by atoms with Gasteiger partial charge in [-0.1, -0.05) is 64.7 Å². The van der Waals surface area contributed by atoms with Crippen LogP contribution >= 0.6 is 0 Å². The Balaban J connectivity index is 1.73. The minimum atomic E-state index is -2.42. The van der Waals surface area contributed by atoms with Gasteiger partial charge < -0.3 is 43.4 Å². The van der Waals surface area contributed by atoms with E-state index >= 15 is 0 Å². The van der Waals surface area contributed by atoms with Gasteiger partial charge >= 0.3 is 29.8 Å². The molecule has 0 radical (unpaired) electrons. The molecule has 4 atom stereocenters. The molecule has 0 amide bonds. The number of hydrogen-bond acceptors (Lipinski definition) is 14. The van der Waals surface area contributed by atoms with Gasteiger partial charge in [0.15, 0.2) is 6.10 Å². The van der Waals surface area contributed by atoms with Crippen LogP contribution in [-0.4, -0.2) is 97.2 Å². The van der Waals surface area contributed by atoms with Crippen molar-refractivity contribution in [1.29, 1.82) is 0 Å². The lowest BCUT2D eigenvalue weighted by atomic mass is 9.75. The van der Waals surface area contributed by atoms with Gasteiger partial charge in [-0.3, -0.25) is 9.59 Å². The van der Waals surface area contributed by atoms with Crippen molar-refractivity contribution in [3.63, 3.8) is 0 Å². The van der Waals surface area contributed by atoms with Crippen molar-refractivity contribution >= 4 is 29.8 Å². The van der Waals surface area contributed by atoms with E-state index < -0.39 is 72.6 Å². The van der Waals surface area contributed by atoms with Crippen LogP contribution in [0.1, 0.15) is 113 Å². The van der Waals surface area contributed by atoms with Crippen LogP contribution in [0.2, 0.25) is 0 Å². The zero-order valence-corrected chi connectivity index (χ0v) is 33.7. The van der Waals surface area contributed by atoms with Crippen LogP contribution in [0.15, 0.2) is 54.1 Å². The zero-order valence-electron chi connectivity index (χ0n) is 33.7. The van der Waals surface area contributed by atoms with E-state index in [-0.39, 0.29) is 55.3 Å². The first-order valence-electron chi connectivity index (χ1n) is 19.5. The molecule has 0 aromatic heterocycles. The third-order valence-electron chi connectivity index (χ3n) is 9.86. The maximum Gasteiger partial charge on any atom is 0.341 e. The van der Waals surface area contributed by atoms with Gasteiger partial charge in [0, 0.05) is 18.9 Å². The molecule has 2 aliphatic heterocycles. The Bertz CT molecular complexity index is 1750. The van der Waals surface area contributed by atoms with Crippen LogP contribution in [0, 0.1) is 5.41 Å². The Morgan fingerprint density at radius 3 is 2.35 bits per heavy atom. The molecule has 0 saturated carbocycles. The molecule has 2 aromatic carbocycles. The van der Waals surface area contributed by atoms with Gasteiger partial charge in [-0.25, -0.2) is 14.4 Å². The molecule has 312 valence electrons. The van der Waals surface area contributed by atoms with E-state index in [2.05, 4.69) is 6.92 Å². The van der Waals surface area contributed by atoms with E-state index in [0.29, 0.717) is 23.1 Å². The number of carbonyl (C=O) groups excluding carboxylic acids is 5. The van der Waals surface area contributed by atoms with Gasteiger partial charge in [0.2, 0.25) is 5.79 Å². The molecule has 2 aliphatic rings. The summed E-state index contributed by atoms with van der Waals surface area (Å²) in [6.07, 6.45) is 1.23. The Labute approximate surface area is 333 Å². The quantitative estimate of drug-likeness (QED) is 0.110. The fourth-order valence-electron chi connectivity index (χ4n) is 6.63. The monoisotopic (exact) mass is 796 g/mol. The zero-order chi connectivity index (χ0) is 41.8. The summed E-state index contributed by atoms with van der Waals surface area (Å²) in [7, 11) is 1.18. The Hall–Kier alpha value is -4.79. The molecule has 57 heavy (non-hydrogen) atoms. The van der Waals surface area contributed by atoms with Crippen molar-refractivity contribution in [2.45, 2.75) is 123 Å². The fraction of sp³-hybridized carbons (Fsp3) is 0.558. The number of benzene rings is 2. The largest absolute Gasteiger partial charge is 0.492 e. The van der Waals surface area contributed by atoms with E-state index in [1.54, 1.807) is 70.2 Å². The van der Waals surface area contributed by atoms with Crippen molar-refractivity contribution in [2.24, 2.45) is 5.41 Å². The number of methoxy groups -OCH3 is 1. The van der Waals surface area contributed by atoms with E-state index in [0.717, 1.165) is 31.8 Å². The molecular formula is C43H56O14. The molecule has 4 rings (SSSR count). The van der Waals surface area contributed by atoms with Crippen LogP contribution in [0.4, 0.5) is 0 Å². The molecule has 14 nitrogen and oxygen atoms in total. The second-order valence-electron chi connectivity index (χ2n) is 15.2. The van der Waals surface area contributed by atoms with Crippen LogP contribution in [-0.2, 0) is 42.8 Å². The third-order valence-corrected chi connectivity index (χ3v) is 9.86. The highest BCUT2D eigenvalue weighted by molar-refractivity contribution is 5.95. The summed E-state index contributed by atoms with van der Waals surface area (Å²) in [6.45, 7) is 7.47. The van der Waals surface area contributed by atoms with Crippen molar-refractivity contribution in [1.82, 2.24) is 0 Å². The second kappa shape index (κ2) is 20.6. The van der Waals surface area contributed by atoms with Gasteiger partial charge in [0.1, 0.15) is 24.0 Å². The summed E-state index contributed by atoms with van der Waals surface area (Å²) in [4.78, 5) is 65.3. The normalized spacial score (nSPS) is 23.4. The first-order valence-corrected chi connectivity index (χ1v) is 19.5. The van der Waals surface area contributed by atoms with Crippen molar-refractivity contribution in [3.05, 3.63) is 65.2 Å². The van der Waals surface area contributed by atoms with Gasteiger partial charge in [0.25, 0.3) is 0 Å². The molecule has 14 heteroatoms. The number of unbranched alkanes of at least 4 members (excludes halogenated alkanes) is 4. The maximum absolute atomic E-state index is 14.0. The summed E-state index contributed by atoms with van der Waals surface area (Å²) >= 11 is 0. The SMILES string of the molecule is CCCCCCCC(=O)O[C@H]1/C(=C/C(=O)OC)C[C@H]2C[C@H](CO)OC(=O)CCOc3ccc(-c4ccc(C(=O)OC(C)C)cc4)cc3C(=O)OCC(C)(C)[C@]1(O)O2. The van der Waals surface area contributed by atoms with Gasteiger partial charge in [-0.2, -0.15) is 0 Å². The number of cyclic esters (lactones) is 2. The maximum atomic E-state index is 14.0. The molecule has 0 spiro atoms. The minimum absolute atomic E-state index is 0.00736. The fourth-order valence-corrected chi connectivity index (χ4v) is 6.63. The Morgan fingerprint density at radius 2 is 1.68 bits per heavy atom. The molecule has 2 heterocycles. The molecule has 2 N–H and O–H groups in total. The standard InChI is InChI=1S/C43H56O14/c1-7-8-9-10-11-12-36(45)56-39-31(23-38(47)51-6)21-32-24-33(25-44)55-37(46)19-20-52-35-18-17-30(28-13-15-29(16-14-28)40(48)54-27(2)3)22-34(35)41(49)53-26-42(4,5)43(39,50)57-32/h13-18,22-23,27,32-33,39,44,50H,7-12,19-21,24-26H2,1-6H3/b31-23+/t32-,33+,39-,43+/m0/s1. The molecule has 2 aromatic rings. The third kappa shape index (κ3) is 12.1. The predicted molar refractivity (Wildman–Crippen MR) is 206 cm³/mol. The molecule has 2 bridgehead atoms. The van der Waals surface area contributed by atoms with Crippen molar-refractivity contribution in [3.8, 4) is 16.9 Å². The smallest absolute Gasteiger partial charge is 0.341 e. The molecule has 0 unspecified atom stereocenters. The van der Waals surface area contributed by atoms with Crippen LogP contribution < -0.4 is 4.74 Å². The van der Waals surface area contributed by atoms with Gasteiger partial charge in [0.05, 0.1) is 49.9 Å². The number of carbonyl (C=O) groups is 5. The van der Waals surface area contributed by atoms with Crippen LogP contribution in [0.25, 0.3) is 11.1 Å². The van der Waals surface area contributed by atoms with Crippen LogP contribution in [0.3, 0.4) is 0 Å². The summed E-state index contributed by atoms with van der Waals surface area (Å²) in [6, 6.07) is 11.4. The van der Waals surface area contributed by atoms with E-state index in [4.69, 9.17) is 33.2 Å². The van der Waals surface area contributed by atoms with Crippen molar-refractivity contribution in [2.75, 3.05) is 26.9 Å². The van der Waals surface area contributed by atoms with E-state index in [9.17, 15) is 34.2 Å². The lowest BCUT2D eigenvalue weighted by molar-refractivity contribution is -0.340. The average Bonchev–Trinajstić information content (AvgIpc) is 3.17. The summed E-state index contributed by atoms with van der Waals surface area (Å²) in [5.74, 6) is -5.75. The Morgan fingerprint density at radius 1 is 0.982 bits per heavy atom. The van der Waals surface area contributed by atoms with Gasteiger partial charge in [-0.05, 0) is 67.7 Å². The molecular weight excluding hydrogens is 740 g/mol. The molecule has 0 aliphatic carbocycles. The van der Waals surface area contributed by atoms with Gasteiger partial charge in [-0.15, -0.1) is 0 Å². The number of esters is 5. The van der Waals surface area contributed by atoms with E-state index in [1.807, 2.05) is 0 Å². The summed E-state index contributed by atoms with van der Waals surface area (Å²) in [5, 5.41) is 22.8. The molecule has 1 fully saturated rings. The first-order chi connectivity index (χ1) is 27.1. The van der Waals surface area contributed by atoms with Crippen molar-refractivity contribution < 1.29 is 67.3 Å². The average molecular weight is 797 g/mol. The highest BCUT2D eigenvalue weighted by Gasteiger charge is 2.59.